The molecule has 112 valence electrons. The van der Waals surface area contributed by atoms with Crippen LogP contribution in [0.25, 0.3) is 0 Å². The van der Waals surface area contributed by atoms with E-state index < -0.39 is 0 Å². The first-order chi connectivity index (χ1) is 11.2. The summed E-state index contributed by atoms with van der Waals surface area (Å²) >= 11 is 0. The highest BCUT2D eigenvalue weighted by molar-refractivity contribution is 5.75. The first-order valence-electron chi connectivity index (χ1n) is 6.69. The van der Waals surface area contributed by atoms with Crippen LogP contribution in [0.5, 0.6) is 0 Å². The van der Waals surface area contributed by atoms with Crippen LogP contribution in [0.3, 0.4) is 0 Å². The minimum Gasteiger partial charge on any atom is -0.211 e. The van der Waals surface area contributed by atoms with E-state index in [0.717, 1.165) is 11.1 Å². The molecule has 0 aliphatic carbocycles. The molecule has 0 saturated heterocycles. The summed E-state index contributed by atoms with van der Waals surface area (Å²) < 4.78 is 0. The van der Waals surface area contributed by atoms with Gasteiger partial charge in [0.2, 0.25) is 12.2 Å². The Hall–Kier alpha value is -3.42. The summed E-state index contributed by atoms with van der Waals surface area (Å²) in [6.45, 7) is 3.67. The molecule has 0 saturated carbocycles. The summed E-state index contributed by atoms with van der Waals surface area (Å²) in [5.74, 6) is 0. The first kappa shape index (κ1) is 16.0. The van der Waals surface area contributed by atoms with E-state index >= 15 is 0 Å². The molecular formula is C17H12N4O2. The average molecular weight is 304 g/mol. The van der Waals surface area contributed by atoms with Gasteiger partial charge in [-0.1, -0.05) is 24.3 Å². The highest BCUT2D eigenvalue weighted by atomic mass is 16.1. The topological polar surface area (TPSA) is 83.6 Å². The van der Waals surface area contributed by atoms with Crippen molar-refractivity contribution < 1.29 is 9.59 Å². The van der Waals surface area contributed by atoms with Gasteiger partial charge in [-0.05, 0) is 37.1 Å². The van der Waals surface area contributed by atoms with E-state index in [9.17, 15) is 9.59 Å². The fourth-order valence-corrected chi connectivity index (χ4v) is 1.98. The summed E-state index contributed by atoms with van der Waals surface area (Å²) in [5, 5.41) is 0. The molecule has 2 aromatic carbocycles. The smallest absolute Gasteiger partial charge is 0.211 e. The SMILES string of the molecule is Cc1cccc(N=C=O)c1N=C=Nc1c(C)cccc1N=C=O. The van der Waals surface area contributed by atoms with E-state index in [1.54, 1.807) is 24.3 Å². The molecule has 0 amide bonds. The van der Waals surface area contributed by atoms with Crippen molar-refractivity contribution in [2.24, 2.45) is 20.0 Å². The van der Waals surface area contributed by atoms with Crippen molar-refractivity contribution in [2.45, 2.75) is 13.8 Å². The van der Waals surface area contributed by atoms with E-state index in [-0.39, 0.29) is 0 Å². The van der Waals surface area contributed by atoms with Crippen molar-refractivity contribution >= 4 is 40.9 Å². The molecule has 0 bridgehead atoms. The number of benzene rings is 2. The summed E-state index contributed by atoms with van der Waals surface area (Å²) in [5.41, 5.74) is 3.37. The molecule has 0 radical (unpaired) electrons. The Labute approximate surface area is 132 Å². The Bertz CT molecular complexity index is 827. The summed E-state index contributed by atoms with van der Waals surface area (Å²) in [6.07, 6.45) is 2.99. The van der Waals surface area contributed by atoms with Crippen LogP contribution in [0.4, 0.5) is 22.7 Å². The van der Waals surface area contributed by atoms with Gasteiger partial charge in [0, 0.05) is 0 Å². The van der Waals surface area contributed by atoms with Gasteiger partial charge in [-0.3, -0.25) is 0 Å². The number of nitrogens with zero attached hydrogens (tertiary/aromatic N) is 4. The predicted octanol–water partition coefficient (Wildman–Crippen LogP) is 4.38. The maximum Gasteiger partial charge on any atom is 0.240 e. The normalized spacial score (nSPS) is 9.13. The summed E-state index contributed by atoms with van der Waals surface area (Å²) in [6, 6.07) is 13.1. The van der Waals surface area contributed by atoms with Crippen molar-refractivity contribution in [3.05, 3.63) is 47.5 Å². The minimum absolute atomic E-state index is 0.388. The van der Waals surface area contributed by atoms with E-state index in [4.69, 9.17) is 0 Å². The average Bonchev–Trinajstić information content (AvgIpc) is 2.53. The van der Waals surface area contributed by atoms with Gasteiger partial charge >= 0.3 is 0 Å². The van der Waals surface area contributed by atoms with Crippen molar-refractivity contribution in [1.82, 2.24) is 0 Å². The second kappa shape index (κ2) is 7.55. The Morgan fingerprint density at radius 1 is 0.696 bits per heavy atom. The number of aliphatic imine (C=N–C) groups is 4. The fraction of sp³-hybridized carbons (Fsp3) is 0.118. The fourth-order valence-electron chi connectivity index (χ4n) is 1.98. The molecule has 0 aromatic heterocycles. The molecule has 0 aliphatic rings. The van der Waals surface area contributed by atoms with Gasteiger partial charge in [0.1, 0.15) is 28.8 Å². The van der Waals surface area contributed by atoms with Crippen molar-refractivity contribution in [1.29, 1.82) is 0 Å². The van der Waals surface area contributed by atoms with Crippen LogP contribution in [0.15, 0.2) is 56.4 Å². The quantitative estimate of drug-likeness (QED) is 0.620. The van der Waals surface area contributed by atoms with Gasteiger partial charge in [-0.2, -0.15) is 20.0 Å². The largest absolute Gasteiger partial charge is 0.240 e. The van der Waals surface area contributed by atoms with Gasteiger partial charge in [0.05, 0.1) is 0 Å². The monoisotopic (exact) mass is 304 g/mol. The van der Waals surface area contributed by atoms with E-state index in [2.05, 4.69) is 26.0 Å². The highest BCUT2D eigenvalue weighted by Gasteiger charge is 2.04. The molecule has 2 aromatic rings. The molecule has 0 atom stereocenters. The zero-order valence-corrected chi connectivity index (χ0v) is 12.6. The lowest BCUT2D eigenvalue weighted by Gasteiger charge is -2.01. The highest BCUT2D eigenvalue weighted by Crippen LogP contribution is 2.32. The van der Waals surface area contributed by atoms with Crippen LogP contribution < -0.4 is 0 Å². The number of isocyanates is 2. The van der Waals surface area contributed by atoms with Crippen LogP contribution in [0.2, 0.25) is 0 Å². The summed E-state index contributed by atoms with van der Waals surface area (Å²) in [4.78, 5) is 36.4. The van der Waals surface area contributed by atoms with Crippen LogP contribution >= 0.6 is 0 Å². The Kier molecular flexibility index (Phi) is 5.24. The maximum absolute atomic E-state index is 10.5. The molecular weight excluding hydrogens is 292 g/mol. The summed E-state index contributed by atoms with van der Waals surface area (Å²) in [7, 11) is 0. The number of aryl methyl sites for hydroxylation is 2. The van der Waals surface area contributed by atoms with E-state index in [0.29, 0.717) is 22.7 Å². The molecule has 6 heteroatoms. The van der Waals surface area contributed by atoms with Crippen molar-refractivity contribution in [3.63, 3.8) is 0 Å². The molecule has 2 rings (SSSR count). The predicted molar refractivity (Wildman–Crippen MR) is 87.1 cm³/mol. The molecule has 0 unspecified atom stereocenters. The zero-order chi connectivity index (χ0) is 16.7. The second-order valence-corrected chi connectivity index (χ2v) is 4.62. The Morgan fingerprint density at radius 2 is 1.13 bits per heavy atom. The molecule has 0 aliphatic heterocycles. The molecule has 0 heterocycles. The van der Waals surface area contributed by atoms with Crippen LogP contribution in [0.1, 0.15) is 11.1 Å². The van der Waals surface area contributed by atoms with Gasteiger partial charge in [-0.15, -0.1) is 0 Å². The van der Waals surface area contributed by atoms with Gasteiger partial charge in [0.25, 0.3) is 0 Å². The Morgan fingerprint density at radius 3 is 1.52 bits per heavy atom. The third-order valence-electron chi connectivity index (χ3n) is 3.09. The maximum atomic E-state index is 10.5. The molecule has 23 heavy (non-hydrogen) atoms. The van der Waals surface area contributed by atoms with Crippen molar-refractivity contribution in [2.75, 3.05) is 0 Å². The Balaban J connectivity index is 2.52. The number of para-hydroxylation sites is 2. The molecule has 0 spiro atoms. The lowest BCUT2D eigenvalue weighted by molar-refractivity contribution is 0.564. The number of hydrogen-bond acceptors (Lipinski definition) is 6. The third kappa shape index (κ3) is 3.82. The van der Waals surface area contributed by atoms with E-state index in [1.807, 2.05) is 26.0 Å². The van der Waals surface area contributed by atoms with Crippen molar-refractivity contribution in [3.8, 4) is 0 Å². The lowest BCUT2D eigenvalue weighted by Crippen LogP contribution is -1.77. The van der Waals surface area contributed by atoms with Gasteiger partial charge in [0.15, 0.2) is 0 Å². The first-order valence-corrected chi connectivity index (χ1v) is 6.69. The standard InChI is InChI=1S/C17H12N4O2/c1-12-5-3-7-14(20-10-22)16(12)18-9-19-17-13(2)6-4-8-15(17)21-11-23/h3-8H,1-2H3. The molecule has 0 N–H and O–H groups in total. The number of rotatable bonds is 4. The minimum atomic E-state index is 0.388. The van der Waals surface area contributed by atoms with Crippen LogP contribution in [-0.2, 0) is 9.59 Å². The van der Waals surface area contributed by atoms with E-state index in [1.165, 1.54) is 12.2 Å². The lowest BCUT2D eigenvalue weighted by atomic mass is 10.2. The third-order valence-corrected chi connectivity index (χ3v) is 3.09. The number of carbonyl (C=O) groups excluding carboxylic acids is 2. The molecule has 6 nitrogen and oxygen atoms in total. The second-order valence-electron chi connectivity index (χ2n) is 4.62. The zero-order valence-electron chi connectivity index (χ0n) is 12.6. The van der Waals surface area contributed by atoms with Gasteiger partial charge in [-0.25, -0.2) is 9.59 Å². The molecule has 0 fully saturated rings. The van der Waals surface area contributed by atoms with Gasteiger partial charge < -0.3 is 0 Å². The number of hydrogen-bond donors (Lipinski definition) is 0. The van der Waals surface area contributed by atoms with Crippen LogP contribution in [0, 0.1) is 13.8 Å². The van der Waals surface area contributed by atoms with Crippen LogP contribution in [-0.4, -0.2) is 18.2 Å².